The zero-order valence-corrected chi connectivity index (χ0v) is 15.0. The first-order chi connectivity index (χ1) is 12.7. The monoisotopic (exact) mass is 373 g/mol. The van der Waals surface area contributed by atoms with Gasteiger partial charge >= 0.3 is 0 Å². The van der Waals surface area contributed by atoms with Gasteiger partial charge in [-0.1, -0.05) is 23.7 Å². The van der Waals surface area contributed by atoms with Gasteiger partial charge in [-0.3, -0.25) is 9.59 Å². The summed E-state index contributed by atoms with van der Waals surface area (Å²) >= 11 is 5.87. The lowest BCUT2D eigenvalue weighted by Gasteiger charge is -2.32. The first-order valence-electron chi connectivity index (χ1n) is 8.44. The molecule has 0 radical (unpaired) electrons. The van der Waals surface area contributed by atoms with E-state index in [2.05, 4.69) is 15.3 Å². The van der Waals surface area contributed by atoms with Crippen LogP contribution < -0.4 is 5.32 Å². The molecule has 26 heavy (non-hydrogen) atoms. The molecule has 1 aliphatic rings. The summed E-state index contributed by atoms with van der Waals surface area (Å²) in [6.07, 6.45) is 4.70. The Bertz CT molecular complexity index is 743. The molecule has 0 bridgehead atoms. The van der Waals surface area contributed by atoms with Gasteiger partial charge in [0.2, 0.25) is 6.41 Å². The topological polar surface area (TPSA) is 78.4 Å². The summed E-state index contributed by atoms with van der Waals surface area (Å²) in [6, 6.07) is 7.71. The highest BCUT2D eigenvalue weighted by Crippen LogP contribution is 2.11. The molecule has 1 fully saturated rings. The number of amides is 2. The molecule has 0 aliphatic carbocycles. The van der Waals surface area contributed by atoms with Crippen LogP contribution in [0.25, 0.3) is 0 Å². The number of hydrogen-bond acceptors (Lipinski definition) is 5. The van der Waals surface area contributed by atoms with Crippen LogP contribution in [0.5, 0.6) is 0 Å². The fourth-order valence-corrected chi connectivity index (χ4v) is 2.83. The first-order valence-corrected chi connectivity index (χ1v) is 8.82. The van der Waals surface area contributed by atoms with E-state index in [1.54, 1.807) is 16.0 Å². The van der Waals surface area contributed by atoms with Crippen LogP contribution in [-0.4, -0.2) is 64.8 Å². The average Bonchev–Trinajstić information content (AvgIpc) is 2.69. The number of carbonyl (C=O) groups is 2. The number of nitrogens with zero attached hydrogens (tertiary/aromatic N) is 4. The van der Waals surface area contributed by atoms with E-state index in [0.29, 0.717) is 44.2 Å². The molecule has 1 aliphatic heterocycles. The smallest absolute Gasteiger partial charge is 0.274 e. The van der Waals surface area contributed by atoms with Crippen molar-refractivity contribution in [3.63, 3.8) is 0 Å². The van der Waals surface area contributed by atoms with Gasteiger partial charge in [0.15, 0.2) is 0 Å². The third-order valence-corrected chi connectivity index (χ3v) is 4.51. The molecule has 2 aromatic rings. The van der Waals surface area contributed by atoms with E-state index in [-0.39, 0.29) is 5.91 Å². The molecule has 0 atom stereocenters. The minimum absolute atomic E-state index is 0.157. The second-order valence-electron chi connectivity index (χ2n) is 6.02. The van der Waals surface area contributed by atoms with Gasteiger partial charge < -0.3 is 15.1 Å². The summed E-state index contributed by atoms with van der Waals surface area (Å²) in [4.78, 5) is 35.0. The minimum atomic E-state index is -0.157. The van der Waals surface area contributed by atoms with E-state index in [9.17, 15) is 9.59 Å². The summed E-state index contributed by atoms with van der Waals surface area (Å²) in [5.41, 5.74) is 1.49. The fourth-order valence-electron chi connectivity index (χ4n) is 2.71. The van der Waals surface area contributed by atoms with Crippen molar-refractivity contribution in [3.8, 4) is 0 Å². The zero-order valence-electron chi connectivity index (χ0n) is 14.3. The highest BCUT2D eigenvalue weighted by Gasteiger charge is 2.22. The molecule has 2 heterocycles. The van der Waals surface area contributed by atoms with E-state index in [1.807, 2.05) is 24.3 Å². The van der Waals surface area contributed by atoms with Gasteiger partial charge in [-0.2, -0.15) is 0 Å². The van der Waals surface area contributed by atoms with Crippen molar-refractivity contribution < 1.29 is 9.59 Å². The van der Waals surface area contributed by atoms with Crippen LogP contribution in [-0.2, 0) is 11.2 Å². The number of halogens is 1. The summed E-state index contributed by atoms with van der Waals surface area (Å²) < 4.78 is 0. The Kier molecular flexibility index (Phi) is 6.01. The minimum Gasteiger partial charge on any atom is -0.368 e. The summed E-state index contributed by atoms with van der Waals surface area (Å²) in [5.74, 6) is 0.469. The standard InChI is InChI=1S/C18H20ClN5O2/c19-15-3-1-14(2-4-15)5-6-20-17-12-21-16(11-22-17)18(26)24-9-7-23(13-25)8-10-24/h1-4,11-13H,5-10H2,(H,20,22). The van der Waals surface area contributed by atoms with Crippen LogP contribution in [0.1, 0.15) is 16.1 Å². The second kappa shape index (κ2) is 8.62. The third kappa shape index (κ3) is 4.70. The Labute approximate surface area is 157 Å². The van der Waals surface area contributed by atoms with Crippen molar-refractivity contribution in [1.29, 1.82) is 0 Å². The zero-order chi connectivity index (χ0) is 18.4. The maximum Gasteiger partial charge on any atom is 0.274 e. The lowest BCUT2D eigenvalue weighted by molar-refractivity contribution is -0.119. The van der Waals surface area contributed by atoms with Gasteiger partial charge in [0.05, 0.1) is 12.4 Å². The van der Waals surface area contributed by atoms with Crippen molar-refractivity contribution >= 4 is 29.7 Å². The average molecular weight is 374 g/mol. The van der Waals surface area contributed by atoms with E-state index >= 15 is 0 Å². The van der Waals surface area contributed by atoms with Gasteiger partial charge in [-0.25, -0.2) is 9.97 Å². The fraction of sp³-hybridized carbons (Fsp3) is 0.333. The van der Waals surface area contributed by atoms with Crippen molar-refractivity contribution in [2.75, 3.05) is 38.0 Å². The van der Waals surface area contributed by atoms with E-state index in [4.69, 9.17) is 11.6 Å². The number of piperazine rings is 1. The Hall–Kier alpha value is -2.67. The quantitative estimate of drug-likeness (QED) is 0.780. The molecule has 1 aromatic carbocycles. The van der Waals surface area contributed by atoms with Crippen molar-refractivity contribution in [3.05, 3.63) is 52.9 Å². The maximum atomic E-state index is 12.4. The second-order valence-corrected chi connectivity index (χ2v) is 6.46. The first kappa shape index (κ1) is 18.1. The van der Waals surface area contributed by atoms with Crippen LogP contribution in [0.2, 0.25) is 5.02 Å². The molecule has 3 rings (SSSR count). The van der Waals surface area contributed by atoms with Gasteiger partial charge in [0, 0.05) is 37.7 Å². The largest absolute Gasteiger partial charge is 0.368 e. The molecule has 1 aromatic heterocycles. The number of benzene rings is 1. The Morgan fingerprint density at radius 3 is 2.46 bits per heavy atom. The van der Waals surface area contributed by atoms with Gasteiger partial charge in [-0.05, 0) is 24.1 Å². The van der Waals surface area contributed by atoms with E-state index < -0.39 is 0 Å². The lowest BCUT2D eigenvalue weighted by atomic mass is 10.1. The molecule has 0 unspecified atom stereocenters. The van der Waals surface area contributed by atoms with E-state index in [0.717, 1.165) is 17.9 Å². The molecule has 136 valence electrons. The third-order valence-electron chi connectivity index (χ3n) is 4.25. The molecule has 2 amide bonds. The molecule has 0 saturated carbocycles. The van der Waals surface area contributed by atoms with Crippen LogP contribution in [0, 0.1) is 0 Å². The highest BCUT2D eigenvalue weighted by molar-refractivity contribution is 6.30. The van der Waals surface area contributed by atoms with Gasteiger partial charge in [-0.15, -0.1) is 0 Å². The van der Waals surface area contributed by atoms with Crippen molar-refractivity contribution in [2.45, 2.75) is 6.42 Å². The van der Waals surface area contributed by atoms with Crippen LogP contribution >= 0.6 is 11.6 Å². The SMILES string of the molecule is O=CN1CCN(C(=O)c2cnc(NCCc3ccc(Cl)cc3)cn2)CC1. The molecule has 0 spiro atoms. The lowest BCUT2D eigenvalue weighted by Crippen LogP contribution is -2.48. The molecule has 1 saturated heterocycles. The predicted octanol–water partition coefficient (Wildman–Crippen LogP) is 1.70. The number of aromatic nitrogens is 2. The van der Waals surface area contributed by atoms with Gasteiger partial charge in [0.1, 0.15) is 11.5 Å². The number of hydrogen-bond donors (Lipinski definition) is 1. The maximum absolute atomic E-state index is 12.4. The Morgan fingerprint density at radius 2 is 1.85 bits per heavy atom. The van der Waals surface area contributed by atoms with Gasteiger partial charge in [0.25, 0.3) is 5.91 Å². The summed E-state index contributed by atoms with van der Waals surface area (Å²) in [6.45, 7) is 2.83. The molecular weight excluding hydrogens is 354 g/mol. The van der Waals surface area contributed by atoms with Crippen LogP contribution in [0.15, 0.2) is 36.7 Å². The summed E-state index contributed by atoms with van der Waals surface area (Å²) in [5, 5.41) is 3.91. The van der Waals surface area contributed by atoms with Crippen molar-refractivity contribution in [2.24, 2.45) is 0 Å². The predicted molar refractivity (Wildman–Crippen MR) is 99.2 cm³/mol. The number of anilines is 1. The normalized spacial score (nSPS) is 14.2. The van der Waals surface area contributed by atoms with Crippen molar-refractivity contribution in [1.82, 2.24) is 19.8 Å². The number of rotatable bonds is 6. The van der Waals surface area contributed by atoms with Crippen LogP contribution in [0.4, 0.5) is 5.82 Å². The Morgan fingerprint density at radius 1 is 1.12 bits per heavy atom. The Balaban J connectivity index is 1.49. The number of nitrogens with one attached hydrogen (secondary N) is 1. The van der Waals surface area contributed by atoms with Crippen LogP contribution in [0.3, 0.4) is 0 Å². The molecule has 7 nitrogen and oxygen atoms in total. The molecule has 8 heteroatoms. The molecular formula is C18H20ClN5O2. The molecule has 1 N–H and O–H groups in total. The van der Waals surface area contributed by atoms with E-state index in [1.165, 1.54) is 11.8 Å². The number of carbonyl (C=O) groups excluding carboxylic acids is 2. The summed E-state index contributed by atoms with van der Waals surface area (Å²) in [7, 11) is 0. The highest BCUT2D eigenvalue weighted by atomic mass is 35.5.